The van der Waals surface area contributed by atoms with Crippen LogP contribution in [0.1, 0.15) is 18.8 Å². The van der Waals surface area contributed by atoms with E-state index < -0.39 is 48.9 Å². The van der Waals surface area contributed by atoms with Gasteiger partial charge in [-0.3, -0.25) is 4.79 Å². The summed E-state index contributed by atoms with van der Waals surface area (Å²) in [4.78, 5) is 14.6. The lowest BCUT2D eigenvalue weighted by molar-refractivity contribution is -0.532. The molecule has 9 heteroatoms. The highest BCUT2D eigenvalue weighted by Gasteiger charge is 2.48. The standard InChI is InChI=1S/C24H28NO7S/c1-15(26)25(12-17(27)14-33-18-10-6-3-7-11-18)20-21(28)22-19(31-23(20)29)13-30-24(32-22)16-8-4-2-5-9-16/h2-11,17,19-24,27-28H,12-14H2,1H3/q-1/t17-,19+,20+,21+,22+,23+,24?/m0/s1. The van der Waals surface area contributed by atoms with Crippen LogP contribution in [0.5, 0.6) is 0 Å². The van der Waals surface area contributed by atoms with Gasteiger partial charge in [0.2, 0.25) is 5.91 Å². The number of aliphatic hydroxyl groups excluding tert-OH is 2. The molecule has 1 amide bonds. The van der Waals surface area contributed by atoms with E-state index in [9.17, 15) is 20.1 Å². The Hall–Kier alpha value is -1.98. The number of hydrogen-bond acceptors (Lipinski definition) is 8. The van der Waals surface area contributed by atoms with Gasteiger partial charge >= 0.3 is 0 Å². The molecule has 8 nitrogen and oxygen atoms in total. The van der Waals surface area contributed by atoms with Gasteiger partial charge in [0.1, 0.15) is 18.3 Å². The van der Waals surface area contributed by atoms with Gasteiger partial charge in [-0.15, -0.1) is 11.8 Å². The third-order valence-electron chi connectivity index (χ3n) is 5.76. The van der Waals surface area contributed by atoms with Gasteiger partial charge < -0.3 is 34.4 Å². The monoisotopic (exact) mass is 474 g/mol. The summed E-state index contributed by atoms with van der Waals surface area (Å²) in [7, 11) is 0. The molecule has 0 bridgehead atoms. The Morgan fingerprint density at radius 2 is 1.82 bits per heavy atom. The average Bonchev–Trinajstić information content (AvgIpc) is 2.83. The molecule has 2 N–H and O–H groups in total. The summed E-state index contributed by atoms with van der Waals surface area (Å²) in [6, 6.07) is 17.6. The van der Waals surface area contributed by atoms with Crippen LogP contribution in [0.2, 0.25) is 0 Å². The molecule has 0 spiro atoms. The summed E-state index contributed by atoms with van der Waals surface area (Å²) in [5.41, 5.74) is 0.778. The maximum absolute atomic E-state index is 12.8. The molecule has 2 aromatic rings. The molecule has 2 aliphatic heterocycles. The van der Waals surface area contributed by atoms with Gasteiger partial charge in [-0.2, -0.15) is 0 Å². The maximum Gasteiger partial charge on any atom is 0.219 e. The second-order valence-electron chi connectivity index (χ2n) is 8.15. The highest BCUT2D eigenvalue weighted by molar-refractivity contribution is 7.99. The zero-order valence-electron chi connectivity index (χ0n) is 18.2. The molecule has 2 aliphatic rings. The zero-order chi connectivity index (χ0) is 23.4. The number of thioether (sulfide) groups is 1. The first-order valence-corrected chi connectivity index (χ1v) is 11.9. The van der Waals surface area contributed by atoms with E-state index in [4.69, 9.17) is 14.2 Å². The number of fused-ring (bicyclic) bond motifs is 1. The Bertz CT molecular complexity index is 902. The number of nitrogens with zero attached hydrogens (tertiary/aromatic N) is 1. The molecular weight excluding hydrogens is 446 g/mol. The number of hydrogen-bond donors (Lipinski definition) is 2. The summed E-state index contributed by atoms with van der Waals surface area (Å²) in [5.74, 6) is -0.106. The Labute approximate surface area is 197 Å². The largest absolute Gasteiger partial charge is 0.829 e. The lowest BCUT2D eigenvalue weighted by Gasteiger charge is -2.53. The van der Waals surface area contributed by atoms with Gasteiger partial charge in [0, 0.05) is 36.0 Å². The molecule has 1 unspecified atom stereocenters. The first-order valence-electron chi connectivity index (χ1n) is 10.9. The van der Waals surface area contributed by atoms with Gasteiger partial charge in [0.05, 0.1) is 18.8 Å². The van der Waals surface area contributed by atoms with E-state index in [1.807, 2.05) is 60.7 Å². The van der Waals surface area contributed by atoms with E-state index in [2.05, 4.69) is 0 Å². The van der Waals surface area contributed by atoms with Crippen LogP contribution in [-0.4, -0.2) is 76.7 Å². The lowest BCUT2D eigenvalue weighted by Crippen LogP contribution is -2.70. The molecule has 0 radical (unpaired) electrons. The maximum atomic E-state index is 12.8. The topological polar surface area (TPSA) is 112 Å². The minimum atomic E-state index is -1.69. The van der Waals surface area contributed by atoms with E-state index in [-0.39, 0.29) is 13.2 Å². The summed E-state index contributed by atoms with van der Waals surface area (Å²) < 4.78 is 17.2. The van der Waals surface area contributed by atoms with Crippen molar-refractivity contribution in [3.63, 3.8) is 0 Å². The number of carbonyl (C=O) groups excluding carboxylic acids is 1. The molecule has 0 saturated carbocycles. The van der Waals surface area contributed by atoms with Gasteiger partial charge in [0.25, 0.3) is 0 Å². The fourth-order valence-electron chi connectivity index (χ4n) is 4.14. The van der Waals surface area contributed by atoms with Crippen LogP contribution in [0.25, 0.3) is 0 Å². The van der Waals surface area contributed by atoms with Gasteiger partial charge in [-0.05, 0) is 12.1 Å². The molecule has 0 aliphatic carbocycles. The van der Waals surface area contributed by atoms with Crippen molar-refractivity contribution in [2.24, 2.45) is 0 Å². The van der Waals surface area contributed by atoms with E-state index >= 15 is 0 Å². The van der Waals surface area contributed by atoms with Crippen LogP contribution in [0.3, 0.4) is 0 Å². The molecule has 0 aromatic heterocycles. The number of ether oxygens (including phenoxy) is 3. The van der Waals surface area contributed by atoms with Crippen molar-refractivity contribution in [2.75, 3.05) is 18.9 Å². The van der Waals surface area contributed by atoms with Gasteiger partial charge in [-0.1, -0.05) is 48.5 Å². The Morgan fingerprint density at radius 1 is 1.15 bits per heavy atom. The normalized spacial score (nSPS) is 30.3. The summed E-state index contributed by atoms with van der Waals surface area (Å²) >= 11 is 1.45. The van der Waals surface area contributed by atoms with Crippen LogP contribution < -0.4 is 5.11 Å². The van der Waals surface area contributed by atoms with Crippen molar-refractivity contribution in [3.8, 4) is 0 Å². The van der Waals surface area contributed by atoms with Gasteiger partial charge in [0.15, 0.2) is 6.29 Å². The Morgan fingerprint density at radius 3 is 2.48 bits per heavy atom. The fourth-order valence-corrected chi connectivity index (χ4v) is 4.98. The van der Waals surface area contributed by atoms with Crippen LogP contribution >= 0.6 is 11.8 Å². The Kier molecular flexibility index (Phi) is 8.02. The predicted molar refractivity (Wildman–Crippen MR) is 119 cm³/mol. The van der Waals surface area contributed by atoms with E-state index in [0.29, 0.717) is 5.75 Å². The molecule has 7 atom stereocenters. The summed E-state index contributed by atoms with van der Waals surface area (Å²) in [6.07, 6.45) is -6.20. The number of aliphatic hydroxyl groups is 2. The number of rotatable bonds is 7. The number of amides is 1. The van der Waals surface area contributed by atoms with E-state index in [1.165, 1.54) is 23.6 Å². The van der Waals surface area contributed by atoms with Crippen molar-refractivity contribution in [3.05, 3.63) is 66.2 Å². The highest BCUT2D eigenvalue weighted by atomic mass is 32.2. The smallest absolute Gasteiger partial charge is 0.219 e. The summed E-state index contributed by atoms with van der Waals surface area (Å²) in [5, 5.41) is 34.5. The summed E-state index contributed by atoms with van der Waals surface area (Å²) in [6.45, 7) is 1.29. The molecule has 2 saturated heterocycles. The zero-order valence-corrected chi connectivity index (χ0v) is 19.0. The lowest BCUT2D eigenvalue weighted by atomic mass is 9.94. The SMILES string of the molecule is CC(=O)N(C[C@H](O)CSc1ccccc1)[C@@H]1[C@@H](O)[C@@H]2OC(c3ccccc3)OC[C@H]2O[C@H]1[O-]. The number of carbonyl (C=O) groups is 1. The molecule has 2 heterocycles. The van der Waals surface area contributed by atoms with Crippen LogP contribution in [-0.2, 0) is 19.0 Å². The number of benzene rings is 2. The average molecular weight is 475 g/mol. The minimum absolute atomic E-state index is 0.0865. The molecule has 2 fully saturated rings. The Balaban J connectivity index is 1.44. The first kappa shape index (κ1) is 24.2. The predicted octanol–water partition coefficient (Wildman–Crippen LogP) is 0.917. The van der Waals surface area contributed by atoms with Crippen molar-refractivity contribution in [1.29, 1.82) is 0 Å². The first-order chi connectivity index (χ1) is 15.9. The second kappa shape index (κ2) is 11.0. The quantitative estimate of drug-likeness (QED) is 0.570. The molecular formula is C24H28NO7S-. The molecule has 4 rings (SSSR count). The fraction of sp³-hybridized carbons (Fsp3) is 0.458. The second-order valence-corrected chi connectivity index (χ2v) is 9.24. The van der Waals surface area contributed by atoms with Crippen molar-refractivity contribution < 1.29 is 34.3 Å². The van der Waals surface area contributed by atoms with Crippen LogP contribution in [0.4, 0.5) is 0 Å². The van der Waals surface area contributed by atoms with E-state index in [0.717, 1.165) is 10.5 Å². The van der Waals surface area contributed by atoms with Crippen LogP contribution in [0.15, 0.2) is 65.6 Å². The van der Waals surface area contributed by atoms with Gasteiger partial charge in [-0.25, -0.2) is 0 Å². The molecule has 178 valence electrons. The molecule has 33 heavy (non-hydrogen) atoms. The van der Waals surface area contributed by atoms with Crippen molar-refractivity contribution in [2.45, 2.75) is 54.9 Å². The van der Waals surface area contributed by atoms with E-state index in [1.54, 1.807) is 0 Å². The molecule has 2 aromatic carbocycles. The van der Waals surface area contributed by atoms with Crippen LogP contribution in [0, 0.1) is 0 Å². The third-order valence-corrected chi connectivity index (χ3v) is 6.92. The highest BCUT2D eigenvalue weighted by Crippen LogP contribution is 2.34. The third kappa shape index (κ3) is 5.75. The minimum Gasteiger partial charge on any atom is -0.829 e. The van der Waals surface area contributed by atoms with Crippen molar-refractivity contribution >= 4 is 17.7 Å². The van der Waals surface area contributed by atoms with Crippen molar-refractivity contribution in [1.82, 2.24) is 4.90 Å².